The van der Waals surface area contributed by atoms with Crippen LogP contribution < -0.4 is 4.74 Å². The summed E-state index contributed by atoms with van der Waals surface area (Å²) >= 11 is 1.21. The van der Waals surface area contributed by atoms with Crippen LogP contribution in [-0.4, -0.2) is 33.5 Å². The van der Waals surface area contributed by atoms with E-state index in [0.29, 0.717) is 11.7 Å². The minimum Gasteiger partial charge on any atom is -0.497 e. The van der Waals surface area contributed by atoms with Gasteiger partial charge in [-0.15, -0.1) is 0 Å². The molecule has 2 aromatic rings. The van der Waals surface area contributed by atoms with Crippen molar-refractivity contribution in [2.75, 3.05) is 12.9 Å². The Hall–Kier alpha value is -1.95. The van der Waals surface area contributed by atoms with Crippen LogP contribution in [0.5, 0.6) is 5.75 Å². The Labute approximate surface area is 121 Å². The predicted molar refractivity (Wildman–Crippen MR) is 79.5 cm³/mol. The topological polar surface area (TPSA) is 64.4 Å². The van der Waals surface area contributed by atoms with E-state index in [1.165, 1.54) is 11.8 Å². The van der Waals surface area contributed by atoms with Crippen LogP contribution in [-0.2, 0) is 11.3 Å². The molecule has 6 heteroatoms. The maximum atomic E-state index is 10.7. The molecule has 1 aromatic heterocycles. The number of aliphatic carboxylic acids is 1. The molecule has 106 valence electrons. The highest BCUT2D eigenvalue weighted by Crippen LogP contribution is 2.27. The minimum atomic E-state index is -0.860. The largest absolute Gasteiger partial charge is 0.497 e. The van der Waals surface area contributed by atoms with Crippen molar-refractivity contribution >= 4 is 28.8 Å². The first-order chi connectivity index (χ1) is 9.51. The fourth-order valence-corrected chi connectivity index (χ4v) is 2.60. The van der Waals surface area contributed by atoms with Crippen LogP contribution in [0.15, 0.2) is 35.5 Å². The molecule has 2 rings (SSSR count). The molecule has 0 saturated carbocycles. The molecule has 0 fully saturated rings. The average Bonchev–Trinajstić information content (AvgIpc) is 2.73. The summed E-state index contributed by atoms with van der Waals surface area (Å²) in [5.41, 5.74) is 2.71. The SMILES string of the molecule is C=C(C)Cn1c(SCC(=O)O)nc2ccc(OC)cc21. The molecule has 1 N–H and O–H groups in total. The number of methoxy groups -OCH3 is 1. The number of benzene rings is 1. The number of thioether (sulfide) groups is 1. The Kier molecular flexibility index (Phi) is 4.34. The highest BCUT2D eigenvalue weighted by atomic mass is 32.2. The molecular formula is C14H16N2O3S. The van der Waals surface area contributed by atoms with Crippen LogP contribution in [0.3, 0.4) is 0 Å². The Bertz CT molecular complexity index is 664. The Morgan fingerprint density at radius 2 is 2.30 bits per heavy atom. The molecule has 0 unspecified atom stereocenters. The molecule has 0 amide bonds. The number of imidazole rings is 1. The zero-order valence-electron chi connectivity index (χ0n) is 11.4. The van der Waals surface area contributed by atoms with Crippen molar-refractivity contribution in [1.82, 2.24) is 9.55 Å². The summed E-state index contributed by atoms with van der Waals surface area (Å²) in [7, 11) is 1.61. The van der Waals surface area contributed by atoms with E-state index in [1.54, 1.807) is 7.11 Å². The molecule has 0 atom stereocenters. The van der Waals surface area contributed by atoms with Gasteiger partial charge >= 0.3 is 5.97 Å². The molecule has 0 saturated heterocycles. The zero-order chi connectivity index (χ0) is 14.7. The lowest BCUT2D eigenvalue weighted by atomic mass is 10.3. The number of nitrogens with zero attached hydrogens (tertiary/aromatic N) is 2. The summed E-state index contributed by atoms with van der Waals surface area (Å²) in [5.74, 6) is -0.131. The second-order valence-corrected chi connectivity index (χ2v) is 5.42. The van der Waals surface area contributed by atoms with E-state index in [0.717, 1.165) is 22.4 Å². The van der Waals surface area contributed by atoms with Crippen LogP contribution in [0.25, 0.3) is 11.0 Å². The number of hydrogen-bond acceptors (Lipinski definition) is 4. The third-order valence-electron chi connectivity index (χ3n) is 2.67. The molecule has 0 spiro atoms. The van der Waals surface area contributed by atoms with Crippen LogP contribution in [0.4, 0.5) is 0 Å². The molecule has 0 radical (unpaired) electrons. The number of rotatable bonds is 6. The Morgan fingerprint density at radius 1 is 1.55 bits per heavy atom. The first kappa shape index (κ1) is 14.5. The van der Waals surface area contributed by atoms with Gasteiger partial charge in [-0.2, -0.15) is 0 Å². The van der Waals surface area contributed by atoms with Gasteiger partial charge in [0.15, 0.2) is 5.16 Å². The molecule has 1 aromatic carbocycles. The Balaban J connectivity index is 2.48. The number of aromatic nitrogens is 2. The standard InChI is InChI=1S/C14H16N2O3S/c1-9(2)7-16-12-6-10(19-3)4-5-11(12)15-14(16)20-8-13(17)18/h4-6H,1,7-8H2,2-3H3,(H,17,18). The van der Waals surface area contributed by atoms with Gasteiger partial charge in [0.1, 0.15) is 5.75 Å². The summed E-state index contributed by atoms with van der Waals surface area (Å²) in [6.07, 6.45) is 0. The normalized spacial score (nSPS) is 10.7. The van der Waals surface area contributed by atoms with Crippen molar-refractivity contribution in [3.63, 3.8) is 0 Å². The third kappa shape index (κ3) is 3.14. The van der Waals surface area contributed by atoms with Gasteiger partial charge in [0.25, 0.3) is 0 Å². The maximum absolute atomic E-state index is 10.7. The van der Waals surface area contributed by atoms with Crippen molar-refractivity contribution in [3.05, 3.63) is 30.4 Å². The summed E-state index contributed by atoms with van der Waals surface area (Å²) in [6, 6.07) is 5.61. The first-order valence-electron chi connectivity index (χ1n) is 6.04. The lowest BCUT2D eigenvalue weighted by Gasteiger charge is -2.08. The molecule has 0 aliphatic heterocycles. The summed E-state index contributed by atoms with van der Waals surface area (Å²) < 4.78 is 7.19. The van der Waals surface area contributed by atoms with Crippen LogP contribution in [0, 0.1) is 0 Å². The number of ether oxygens (including phenoxy) is 1. The van der Waals surface area contributed by atoms with E-state index < -0.39 is 5.97 Å². The highest BCUT2D eigenvalue weighted by Gasteiger charge is 2.13. The molecule has 0 bridgehead atoms. The summed E-state index contributed by atoms with van der Waals surface area (Å²) in [4.78, 5) is 15.2. The van der Waals surface area contributed by atoms with E-state index in [4.69, 9.17) is 9.84 Å². The van der Waals surface area contributed by atoms with E-state index in [-0.39, 0.29) is 5.75 Å². The number of allylic oxidation sites excluding steroid dienone is 1. The average molecular weight is 292 g/mol. The van der Waals surface area contributed by atoms with Crippen molar-refractivity contribution < 1.29 is 14.6 Å². The Morgan fingerprint density at radius 3 is 2.90 bits per heavy atom. The lowest BCUT2D eigenvalue weighted by molar-refractivity contribution is -0.133. The molecule has 0 aliphatic carbocycles. The van der Waals surface area contributed by atoms with E-state index in [9.17, 15) is 4.79 Å². The van der Waals surface area contributed by atoms with Crippen molar-refractivity contribution in [3.8, 4) is 5.75 Å². The summed E-state index contributed by atoms with van der Waals surface area (Å²) in [6.45, 7) is 6.44. The first-order valence-corrected chi connectivity index (χ1v) is 7.03. The number of carboxylic acids is 1. The fourth-order valence-electron chi connectivity index (χ4n) is 1.87. The molecule has 20 heavy (non-hydrogen) atoms. The van der Waals surface area contributed by atoms with Crippen molar-refractivity contribution in [2.45, 2.75) is 18.6 Å². The molecule has 5 nitrogen and oxygen atoms in total. The second-order valence-electron chi connectivity index (χ2n) is 4.47. The number of hydrogen-bond donors (Lipinski definition) is 1. The van der Waals surface area contributed by atoms with Gasteiger partial charge in [-0.3, -0.25) is 4.79 Å². The highest BCUT2D eigenvalue weighted by molar-refractivity contribution is 7.99. The van der Waals surface area contributed by atoms with Gasteiger partial charge in [0.2, 0.25) is 0 Å². The van der Waals surface area contributed by atoms with Crippen molar-refractivity contribution in [2.24, 2.45) is 0 Å². The van der Waals surface area contributed by atoms with E-state index in [1.807, 2.05) is 29.7 Å². The second kappa shape index (κ2) is 6.00. The van der Waals surface area contributed by atoms with Crippen molar-refractivity contribution in [1.29, 1.82) is 0 Å². The predicted octanol–water partition coefficient (Wildman–Crippen LogP) is 2.80. The zero-order valence-corrected chi connectivity index (χ0v) is 12.2. The minimum absolute atomic E-state index is 0.0172. The van der Waals surface area contributed by atoms with Crippen LogP contribution in [0.2, 0.25) is 0 Å². The third-order valence-corrected chi connectivity index (χ3v) is 3.63. The van der Waals surface area contributed by atoms with Gasteiger partial charge in [-0.25, -0.2) is 4.98 Å². The van der Waals surface area contributed by atoms with Gasteiger partial charge in [0, 0.05) is 12.6 Å². The monoisotopic (exact) mass is 292 g/mol. The van der Waals surface area contributed by atoms with Crippen LogP contribution in [0.1, 0.15) is 6.92 Å². The maximum Gasteiger partial charge on any atom is 0.313 e. The number of carboxylic acid groups (broad SMARTS) is 1. The molecule has 1 heterocycles. The van der Waals surface area contributed by atoms with Gasteiger partial charge in [0.05, 0.1) is 23.9 Å². The number of carbonyl (C=O) groups is 1. The molecule has 0 aliphatic rings. The smallest absolute Gasteiger partial charge is 0.313 e. The molecular weight excluding hydrogens is 276 g/mol. The summed E-state index contributed by atoms with van der Waals surface area (Å²) in [5, 5.41) is 9.49. The quantitative estimate of drug-likeness (QED) is 0.655. The fraction of sp³-hybridized carbons (Fsp3) is 0.286. The van der Waals surface area contributed by atoms with Crippen LogP contribution >= 0.6 is 11.8 Å². The van der Waals surface area contributed by atoms with Gasteiger partial charge < -0.3 is 14.4 Å². The van der Waals surface area contributed by atoms with E-state index >= 15 is 0 Å². The van der Waals surface area contributed by atoms with E-state index in [2.05, 4.69) is 11.6 Å². The van der Waals surface area contributed by atoms with Gasteiger partial charge in [-0.05, 0) is 19.1 Å². The van der Waals surface area contributed by atoms with Gasteiger partial charge in [-0.1, -0.05) is 23.9 Å². The lowest BCUT2D eigenvalue weighted by Crippen LogP contribution is -2.04. The number of fused-ring (bicyclic) bond motifs is 1.